The number of benzene rings is 1. The van der Waals surface area contributed by atoms with Crippen LogP contribution in [0.1, 0.15) is 54.8 Å². The molecule has 0 aromatic heterocycles. The number of rotatable bonds is 6. The van der Waals surface area contributed by atoms with E-state index in [1.54, 1.807) is 12.1 Å². The van der Waals surface area contributed by atoms with Gasteiger partial charge in [-0.2, -0.15) is 0 Å². The number of fused-ring (bicyclic) bond motifs is 1. The highest BCUT2D eigenvalue weighted by molar-refractivity contribution is 8.04. The van der Waals surface area contributed by atoms with Crippen molar-refractivity contribution >= 4 is 23.3 Å². The first-order chi connectivity index (χ1) is 10.5. The number of hydrogen-bond donors (Lipinski definition) is 0. The van der Waals surface area contributed by atoms with Crippen molar-refractivity contribution in [2.75, 3.05) is 13.1 Å². The molecule has 0 heterocycles. The van der Waals surface area contributed by atoms with Crippen LogP contribution >= 0.6 is 11.8 Å². The van der Waals surface area contributed by atoms with Crippen LogP contribution in [-0.2, 0) is 0 Å². The van der Waals surface area contributed by atoms with Gasteiger partial charge < -0.3 is 4.90 Å². The maximum Gasteiger partial charge on any atom is 0.211 e. The molecule has 0 amide bonds. The Labute approximate surface area is 136 Å². The van der Waals surface area contributed by atoms with E-state index in [9.17, 15) is 9.59 Å². The number of nitrogens with zero attached hydrogens (tertiary/aromatic N) is 1. The van der Waals surface area contributed by atoms with E-state index < -0.39 is 0 Å². The zero-order valence-corrected chi connectivity index (χ0v) is 14.5. The van der Waals surface area contributed by atoms with Gasteiger partial charge in [-0.05, 0) is 20.3 Å². The minimum Gasteiger partial charge on any atom is -0.368 e. The van der Waals surface area contributed by atoms with Gasteiger partial charge in [0, 0.05) is 29.5 Å². The normalized spacial score (nSPS) is 15.8. The predicted octanol–water partition coefficient (Wildman–Crippen LogP) is 4.15. The fourth-order valence-electron chi connectivity index (χ4n) is 2.56. The van der Waals surface area contributed by atoms with E-state index in [1.807, 2.05) is 30.9 Å². The Kier molecular flexibility index (Phi) is 5.46. The summed E-state index contributed by atoms with van der Waals surface area (Å²) in [7, 11) is 0. The van der Waals surface area contributed by atoms with E-state index in [4.69, 9.17) is 0 Å². The summed E-state index contributed by atoms with van der Waals surface area (Å²) in [6.07, 6.45) is 0.961. The highest BCUT2D eigenvalue weighted by atomic mass is 32.2. The molecular formula is C18H23NO2S. The zero-order chi connectivity index (χ0) is 16.3. The summed E-state index contributed by atoms with van der Waals surface area (Å²) in [5, 5.41) is 0.308. The van der Waals surface area contributed by atoms with Crippen LogP contribution in [0.5, 0.6) is 0 Å². The van der Waals surface area contributed by atoms with Crippen molar-refractivity contribution < 1.29 is 9.59 Å². The van der Waals surface area contributed by atoms with Gasteiger partial charge in [-0.1, -0.05) is 38.1 Å². The van der Waals surface area contributed by atoms with E-state index in [1.165, 1.54) is 11.8 Å². The largest absolute Gasteiger partial charge is 0.368 e. The molecule has 118 valence electrons. The number of thioether (sulfide) groups is 1. The van der Waals surface area contributed by atoms with Crippen molar-refractivity contribution in [2.24, 2.45) is 0 Å². The quantitative estimate of drug-likeness (QED) is 0.790. The van der Waals surface area contributed by atoms with Crippen molar-refractivity contribution in [2.45, 2.75) is 39.4 Å². The summed E-state index contributed by atoms with van der Waals surface area (Å²) in [5.41, 5.74) is 1.65. The smallest absolute Gasteiger partial charge is 0.211 e. The van der Waals surface area contributed by atoms with Gasteiger partial charge in [0.15, 0.2) is 0 Å². The highest BCUT2D eigenvalue weighted by Crippen LogP contribution is 2.37. The lowest BCUT2D eigenvalue weighted by atomic mass is 9.92. The highest BCUT2D eigenvalue weighted by Gasteiger charge is 2.35. The van der Waals surface area contributed by atoms with Crippen LogP contribution in [0.2, 0.25) is 0 Å². The second-order valence-corrected chi connectivity index (χ2v) is 6.84. The Hall–Kier alpha value is -1.55. The average molecular weight is 317 g/mol. The minimum absolute atomic E-state index is 0.0117. The molecule has 0 saturated heterocycles. The lowest BCUT2D eigenvalue weighted by Crippen LogP contribution is -2.34. The molecule has 0 spiro atoms. The van der Waals surface area contributed by atoms with Crippen molar-refractivity contribution in [3.63, 3.8) is 0 Å². The summed E-state index contributed by atoms with van der Waals surface area (Å²) >= 11 is 1.53. The van der Waals surface area contributed by atoms with Gasteiger partial charge in [-0.25, -0.2) is 0 Å². The fraction of sp³-hybridized carbons (Fsp3) is 0.444. The molecule has 1 unspecified atom stereocenters. The molecule has 3 nitrogen and oxygen atoms in total. The summed E-state index contributed by atoms with van der Waals surface area (Å²) in [6.45, 7) is 9.66. The van der Waals surface area contributed by atoms with Gasteiger partial charge in [-0.15, -0.1) is 11.8 Å². The third kappa shape index (κ3) is 2.98. The second-order valence-electron chi connectivity index (χ2n) is 5.39. The molecule has 1 atom stereocenters. The van der Waals surface area contributed by atoms with Crippen LogP contribution in [0.3, 0.4) is 0 Å². The van der Waals surface area contributed by atoms with Crippen LogP contribution in [0.15, 0.2) is 34.9 Å². The first kappa shape index (κ1) is 16.8. The number of Topliss-reactive ketones (excluding diaryl/α,β-unsaturated/α-hetero) is 2. The zero-order valence-electron chi connectivity index (χ0n) is 13.7. The Morgan fingerprint density at radius 1 is 1.00 bits per heavy atom. The van der Waals surface area contributed by atoms with Gasteiger partial charge >= 0.3 is 0 Å². The molecule has 2 rings (SSSR count). The molecule has 0 saturated carbocycles. The Morgan fingerprint density at radius 2 is 1.55 bits per heavy atom. The third-order valence-electron chi connectivity index (χ3n) is 4.03. The summed E-state index contributed by atoms with van der Waals surface area (Å²) < 4.78 is 0. The van der Waals surface area contributed by atoms with Crippen LogP contribution in [-0.4, -0.2) is 34.8 Å². The molecule has 0 aliphatic heterocycles. The Balaban J connectivity index is 2.59. The number of likely N-dealkylation sites (N-methyl/N-ethyl adjacent to an activating group) is 1. The minimum atomic E-state index is -0.0234. The molecule has 0 fully saturated rings. The van der Waals surface area contributed by atoms with E-state index in [-0.39, 0.29) is 11.6 Å². The molecule has 1 aromatic rings. The summed E-state index contributed by atoms with van der Waals surface area (Å²) in [6, 6.07) is 7.14. The molecule has 1 aliphatic carbocycles. The lowest BCUT2D eigenvalue weighted by Gasteiger charge is -2.30. The molecule has 0 N–H and O–H groups in total. The van der Waals surface area contributed by atoms with Crippen molar-refractivity contribution in [1.82, 2.24) is 4.90 Å². The molecule has 0 radical (unpaired) electrons. The van der Waals surface area contributed by atoms with Gasteiger partial charge in [0.1, 0.15) is 5.70 Å². The van der Waals surface area contributed by atoms with E-state index in [2.05, 4.69) is 13.8 Å². The summed E-state index contributed by atoms with van der Waals surface area (Å²) in [4.78, 5) is 28.5. The molecule has 4 heteroatoms. The summed E-state index contributed by atoms with van der Waals surface area (Å²) in [5.74, 6) is -0.0351. The topological polar surface area (TPSA) is 37.4 Å². The third-order valence-corrected chi connectivity index (χ3v) is 5.38. The molecule has 1 aliphatic rings. The van der Waals surface area contributed by atoms with Gasteiger partial charge in [0.2, 0.25) is 11.6 Å². The van der Waals surface area contributed by atoms with Crippen LogP contribution in [0, 0.1) is 0 Å². The van der Waals surface area contributed by atoms with E-state index in [0.29, 0.717) is 27.0 Å². The first-order valence-electron chi connectivity index (χ1n) is 7.89. The van der Waals surface area contributed by atoms with Crippen molar-refractivity contribution in [3.8, 4) is 0 Å². The molecular weight excluding hydrogens is 294 g/mol. The average Bonchev–Trinajstić information content (AvgIpc) is 2.55. The predicted molar refractivity (Wildman–Crippen MR) is 92.4 cm³/mol. The monoisotopic (exact) mass is 317 g/mol. The maximum absolute atomic E-state index is 12.9. The molecule has 0 bridgehead atoms. The number of hydrogen-bond acceptors (Lipinski definition) is 4. The van der Waals surface area contributed by atoms with Crippen LogP contribution < -0.4 is 0 Å². The lowest BCUT2D eigenvalue weighted by molar-refractivity contribution is 0.0950. The van der Waals surface area contributed by atoms with E-state index in [0.717, 1.165) is 19.5 Å². The van der Waals surface area contributed by atoms with Gasteiger partial charge in [-0.3, -0.25) is 9.59 Å². The number of ketones is 2. The number of allylic oxidation sites excluding steroid dienone is 2. The number of carbonyl (C=O) groups excluding carboxylic acids is 2. The molecule has 22 heavy (non-hydrogen) atoms. The van der Waals surface area contributed by atoms with Crippen molar-refractivity contribution in [3.05, 3.63) is 46.0 Å². The van der Waals surface area contributed by atoms with Crippen molar-refractivity contribution in [1.29, 1.82) is 0 Å². The number of carbonyl (C=O) groups is 2. The second kappa shape index (κ2) is 7.14. The fourth-order valence-corrected chi connectivity index (χ4v) is 3.68. The van der Waals surface area contributed by atoms with Crippen LogP contribution in [0.25, 0.3) is 0 Å². The van der Waals surface area contributed by atoms with Gasteiger partial charge in [0.05, 0.1) is 4.91 Å². The SMILES string of the molecule is CCC(C)SC1=C(N(CC)CC)C(=O)c2ccccc2C1=O. The maximum atomic E-state index is 12.9. The standard InChI is InChI=1S/C18H23NO2S/c1-5-12(4)22-18-15(19(6-2)7-3)16(20)13-10-8-9-11-14(13)17(18)21/h8-12H,5-7H2,1-4H3. The van der Waals surface area contributed by atoms with E-state index >= 15 is 0 Å². The van der Waals surface area contributed by atoms with Crippen LogP contribution in [0.4, 0.5) is 0 Å². The van der Waals surface area contributed by atoms with Gasteiger partial charge in [0.25, 0.3) is 0 Å². The Bertz CT molecular complexity index is 617. The first-order valence-corrected chi connectivity index (χ1v) is 8.77. The Morgan fingerprint density at radius 3 is 2.05 bits per heavy atom. The molecule has 1 aromatic carbocycles.